The van der Waals surface area contributed by atoms with Crippen molar-refractivity contribution in [3.63, 3.8) is 0 Å². The summed E-state index contributed by atoms with van der Waals surface area (Å²) in [7, 11) is 1.68. The molecular weight excluding hydrogens is 450 g/mol. The first-order valence-corrected chi connectivity index (χ1v) is 11.7. The first kappa shape index (κ1) is 21.8. The highest BCUT2D eigenvalue weighted by Gasteiger charge is 2.22. The second kappa shape index (κ2) is 9.44. The summed E-state index contributed by atoms with van der Waals surface area (Å²) in [6, 6.07) is 9.68. The number of anilines is 2. The molecule has 1 aliphatic heterocycles. The lowest BCUT2D eigenvalue weighted by Gasteiger charge is -2.30. The summed E-state index contributed by atoms with van der Waals surface area (Å²) in [5, 5.41) is 4.05. The van der Waals surface area contributed by atoms with Crippen LogP contribution in [0.2, 0.25) is 0 Å². The van der Waals surface area contributed by atoms with Crippen LogP contribution in [0, 0.1) is 0 Å². The molecule has 2 aromatic heterocycles. The SMILES string of the molecule is CN=C/C(=C\N)c1cc(OCC(=O)N2CCC2)c2c(Nc3ccc4ncsc4c3)ncnc2c1. The summed E-state index contributed by atoms with van der Waals surface area (Å²) in [4.78, 5) is 31.6. The minimum Gasteiger partial charge on any atom is -0.483 e. The quantitative estimate of drug-likeness (QED) is 0.394. The van der Waals surface area contributed by atoms with Crippen molar-refractivity contribution in [3.8, 4) is 5.75 Å². The van der Waals surface area contributed by atoms with Gasteiger partial charge in [-0.25, -0.2) is 15.0 Å². The zero-order chi connectivity index (χ0) is 23.5. The van der Waals surface area contributed by atoms with Crippen LogP contribution in [0.3, 0.4) is 0 Å². The van der Waals surface area contributed by atoms with Crippen molar-refractivity contribution < 1.29 is 9.53 Å². The number of allylic oxidation sites excluding steroid dienone is 1. The molecule has 172 valence electrons. The number of carbonyl (C=O) groups is 1. The average molecular weight is 474 g/mol. The molecule has 0 radical (unpaired) electrons. The lowest BCUT2D eigenvalue weighted by molar-refractivity contribution is -0.136. The smallest absolute Gasteiger partial charge is 0.260 e. The van der Waals surface area contributed by atoms with Gasteiger partial charge in [0.05, 0.1) is 26.6 Å². The molecule has 1 aliphatic rings. The van der Waals surface area contributed by atoms with Crippen LogP contribution in [0.4, 0.5) is 11.5 Å². The third-order valence-corrected chi connectivity index (χ3v) is 6.43. The molecule has 3 heterocycles. The fourth-order valence-electron chi connectivity index (χ4n) is 3.75. The number of nitrogens with zero attached hydrogens (tertiary/aromatic N) is 5. The van der Waals surface area contributed by atoms with E-state index in [0.717, 1.165) is 41.0 Å². The minimum atomic E-state index is -0.0662. The first-order valence-electron chi connectivity index (χ1n) is 10.8. The molecule has 10 heteroatoms. The number of hydrogen-bond acceptors (Lipinski definition) is 9. The number of hydrogen-bond donors (Lipinski definition) is 2. The normalized spacial score (nSPS) is 14.0. The van der Waals surface area contributed by atoms with Gasteiger partial charge in [-0.2, -0.15) is 0 Å². The van der Waals surface area contributed by atoms with E-state index in [4.69, 9.17) is 10.5 Å². The molecule has 1 fully saturated rings. The molecule has 0 bridgehead atoms. The number of rotatable bonds is 7. The zero-order valence-corrected chi connectivity index (χ0v) is 19.4. The molecule has 0 aliphatic carbocycles. The average Bonchev–Trinajstić information content (AvgIpc) is 3.27. The van der Waals surface area contributed by atoms with Crippen molar-refractivity contribution in [2.24, 2.45) is 10.7 Å². The minimum absolute atomic E-state index is 0.0449. The molecule has 2 aromatic carbocycles. The van der Waals surface area contributed by atoms with Crippen LogP contribution in [-0.4, -0.2) is 58.7 Å². The standard InChI is InChI=1S/C24H23N7O2S/c1-26-11-16(10-25)15-7-19-23(20(8-15)33-12-22(32)31-5-2-6-31)24(28-13-27-19)30-17-3-4-18-21(9-17)34-14-29-18/h3-4,7-11,13-14H,2,5-6,12,25H2,1H3,(H,27,28,30)/b16-10+,26-11?. The van der Waals surface area contributed by atoms with Gasteiger partial charge in [0, 0.05) is 43.8 Å². The maximum absolute atomic E-state index is 12.5. The lowest BCUT2D eigenvalue weighted by Crippen LogP contribution is -2.44. The zero-order valence-electron chi connectivity index (χ0n) is 18.6. The molecule has 0 spiro atoms. The Morgan fingerprint density at radius 1 is 1.24 bits per heavy atom. The number of nitrogens with one attached hydrogen (secondary N) is 1. The number of aliphatic imine (C=N–C) groups is 1. The number of fused-ring (bicyclic) bond motifs is 2. The highest BCUT2D eigenvalue weighted by molar-refractivity contribution is 7.16. The van der Waals surface area contributed by atoms with Gasteiger partial charge in [-0.1, -0.05) is 0 Å². The topological polar surface area (TPSA) is 119 Å². The third kappa shape index (κ3) is 4.27. The summed E-state index contributed by atoms with van der Waals surface area (Å²) < 4.78 is 7.12. The van der Waals surface area contributed by atoms with Crippen LogP contribution in [0.5, 0.6) is 5.75 Å². The molecule has 4 aromatic rings. The molecule has 0 atom stereocenters. The molecule has 9 nitrogen and oxygen atoms in total. The fraction of sp³-hybridized carbons (Fsp3) is 0.208. The number of carbonyl (C=O) groups excluding carboxylic acids is 1. The van der Waals surface area contributed by atoms with Crippen molar-refractivity contribution in [2.45, 2.75) is 6.42 Å². The van der Waals surface area contributed by atoms with E-state index in [1.807, 2.05) is 35.8 Å². The Morgan fingerprint density at radius 3 is 2.88 bits per heavy atom. The Kier molecular flexibility index (Phi) is 6.05. The maximum atomic E-state index is 12.5. The van der Waals surface area contributed by atoms with Crippen LogP contribution < -0.4 is 15.8 Å². The van der Waals surface area contributed by atoms with Crippen molar-refractivity contribution in [1.29, 1.82) is 0 Å². The van der Waals surface area contributed by atoms with Crippen LogP contribution in [0.1, 0.15) is 12.0 Å². The van der Waals surface area contributed by atoms with E-state index in [-0.39, 0.29) is 12.5 Å². The Balaban J connectivity index is 1.56. The molecule has 1 saturated heterocycles. The van der Waals surface area contributed by atoms with Gasteiger partial charge in [0.2, 0.25) is 0 Å². The summed E-state index contributed by atoms with van der Waals surface area (Å²) in [6.45, 7) is 1.47. The molecule has 3 N–H and O–H groups in total. The maximum Gasteiger partial charge on any atom is 0.260 e. The Bertz CT molecular complexity index is 1430. The first-order chi connectivity index (χ1) is 16.7. The number of likely N-dealkylation sites (tertiary alicyclic amines) is 1. The Morgan fingerprint density at radius 2 is 2.12 bits per heavy atom. The van der Waals surface area contributed by atoms with E-state index < -0.39 is 0 Å². The summed E-state index contributed by atoms with van der Waals surface area (Å²) in [6.07, 6.45) is 5.67. The largest absolute Gasteiger partial charge is 0.483 e. The van der Waals surface area contributed by atoms with Crippen LogP contribution >= 0.6 is 11.3 Å². The highest BCUT2D eigenvalue weighted by Crippen LogP contribution is 2.35. The Hall–Kier alpha value is -4.05. The molecule has 5 rings (SSSR count). The van der Waals surface area contributed by atoms with Gasteiger partial charge in [0.15, 0.2) is 6.61 Å². The number of aromatic nitrogens is 3. The van der Waals surface area contributed by atoms with E-state index in [0.29, 0.717) is 28.0 Å². The monoisotopic (exact) mass is 473 g/mol. The van der Waals surface area contributed by atoms with E-state index >= 15 is 0 Å². The Labute approximate surface area is 200 Å². The highest BCUT2D eigenvalue weighted by atomic mass is 32.1. The number of thiazole rings is 1. The number of ether oxygens (including phenoxy) is 1. The van der Waals surface area contributed by atoms with Gasteiger partial charge in [0.1, 0.15) is 17.9 Å². The van der Waals surface area contributed by atoms with Crippen LogP contribution in [0.25, 0.3) is 26.7 Å². The van der Waals surface area contributed by atoms with E-state index in [1.54, 1.807) is 29.5 Å². The van der Waals surface area contributed by atoms with E-state index in [2.05, 4.69) is 25.3 Å². The van der Waals surface area contributed by atoms with Crippen LogP contribution in [0.15, 0.2) is 53.4 Å². The van der Waals surface area contributed by atoms with E-state index in [1.165, 1.54) is 12.5 Å². The van der Waals surface area contributed by atoms with Crippen molar-refractivity contribution >= 4 is 61.7 Å². The molecular formula is C24H23N7O2S. The van der Waals surface area contributed by atoms with Gasteiger partial charge in [0.25, 0.3) is 5.91 Å². The van der Waals surface area contributed by atoms with Crippen LogP contribution in [-0.2, 0) is 4.79 Å². The van der Waals surface area contributed by atoms with Gasteiger partial charge >= 0.3 is 0 Å². The lowest BCUT2D eigenvalue weighted by atomic mass is 10.0. The molecule has 0 unspecified atom stereocenters. The molecule has 0 saturated carbocycles. The number of benzene rings is 2. The predicted molar refractivity (Wildman–Crippen MR) is 136 cm³/mol. The third-order valence-electron chi connectivity index (χ3n) is 5.64. The predicted octanol–water partition coefficient (Wildman–Crippen LogP) is 3.59. The molecule has 34 heavy (non-hydrogen) atoms. The summed E-state index contributed by atoms with van der Waals surface area (Å²) in [5.41, 5.74) is 11.6. The number of amides is 1. The van der Waals surface area contributed by atoms with Gasteiger partial charge in [-0.3, -0.25) is 9.79 Å². The van der Waals surface area contributed by atoms with Gasteiger partial charge in [-0.05, 0) is 42.3 Å². The van der Waals surface area contributed by atoms with Crippen molar-refractivity contribution in [1.82, 2.24) is 19.9 Å². The van der Waals surface area contributed by atoms with Gasteiger partial charge < -0.3 is 20.7 Å². The fourth-order valence-corrected chi connectivity index (χ4v) is 4.46. The van der Waals surface area contributed by atoms with Crippen molar-refractivity contribution in [3.05, 3.63) is 53.9 Å². The summed E-state index contributed by atoms with van der Waals surface area (Å²) in [5.74, 6) is 1.03. The van der Waals surface area contributed by atoms with Crippen molar-refractivity contribution in [2.75, 3.05) is 32.1 Å². The summed E-state index contributed by atoms with van der Waals surface area (Å²) >= 11 is 1.57. The van der Waals surface area contributed by atoms with Gasteiger partial charge in [-0.15, -0.1) is 11.3 Å². The molecule has 1 amide bonds. The second-order valence-electron chi connectivity index (χ2n) is 7.78. The van der Waals surface area contributed by atoms with E-state index in [9.17, 15) is 4.79 Å². The second-order valence-corrected chi connectivity index (χ2v) is 8.67. The number of nitrogens with two attached hydrogens (primary N) is 1.